The van der Waals surface area contributed by atoms with Gasteiger partial charge in [0.05, 0.1) is 24.6 Å². The van der Waals surface area contributed by atoms with E-state index in [1.54, 1.807) is 36.7 Å². The molecule has 0 spiro atoms. The van der Waals surface area contributed by atoms with E-state index < -0.39 is 0 Å². The van der Waals surface area contributed by atoms with Gasteiger partial charge in [-0.05, 0) is 48.5 Å². The second-order valence-electron chi connectivity index (χ2n) is 7.79. The van der Waals surface area contributed by atoms with Gasteiger partial charge in [-0.25, -0.2) is 9.78 Å². The highest BCUT2D eigenvalue weighted by Gasteiger charge is 2.20. The standard InChI is InChI=1S/C25H23ClN6O2/c26-19-4-6-20(7-5-19)28-25(33)29-21-3-1-2-18(16-21)23-22(17-8-10-27-11-9-17)30-24(31-23)32-12-14-34-15-13-32/h1-11,16H,12-15H2,(H,30,31)(H2,28,29,33). The number of pyridine rings is 1. The third-order valence-corrected chi connectivity index (χ3v) is 5.72. The molecule has 1 fully saturated rings. The first kappa shape index (κ1) is 21.9. The van der Waals surface area contributed by atoms with Crippen molar-refractivity contribution in [1.82, 2.24) is 15.0 Å². The number of aromatic amines is 1. The van der Waals surface area contributed by atoms with E-state index >= 15 is 0 Å². The Balaban J connectivity index is 1.42. The van der Waals surface area contributed by atoms with E-state index in [0.29, 0.717) is 29.6 Å². The number of carbonyl (C=O) groups excluding carboxylic acids is 1. The Bertz CT molecular complexity index is 1270. The first-order valence-corrected chi connectivity index (χ1v) is 11.3. The maximum Gasteiger partial charge on any atom is 0.323 e. The van der Waals surface area contributed by atoms with Gasteiger partial charge in [0.25, 0.3) is 0 Å². The van der Waals surface area contributed by atoms with Crippen molar-refractivity contribution in [2.45, 2.75) is 0 Å². The molecular formula is C25H23ClN6O2. The maximum absolute atomic E-state index is 12.5. The molecule has 1 aliphatic rings. The normalized spacial score (nSPS) is 13.5. The number of nitrogens with one attached hydrogen (secondary N) is 3. The summed E-state index contributed by atoms with van der Waals surface area (Å²) in [6.45, 7) is 2.88. The Labute approximate surface area is 202 Å². The lowest BCUT2D eigenvalue weighted by Gasteiger charge is -2.26. The molecule has 0 atom stereocenters. The highest BCUT2D eigenvalue weighted by Crippen LogP contribution is 2.33. The zero-order valence-electron chi connectivity index (χ0n) is 18.3. The molecule has 0 saturated carbocycles. The summed E-state index contributed by atoms with van der Waals surface area (Å²) in [6.07, 6.45) is 3.51. The van der Waals surface area contributed by atoms with Crippen LogP contribution in [0.2, 0.25) is 5.02 Å². The molecule has 2 aromatic heterocycles. The fraction of sp³-hybridized carbons (Fsp3) is 0.160. The molecule has 9 heteroatoms. The average molecular weight is 475 g/mol. The lowest BCUT2D eigenvalue weighted by molar-refractivity contribution is 0.122. The van der Waals surface area contributed by atoms with E-state index in [9.17, 15) is 4.79 Å². The number of H-pyrrole nitrogens is 1. The van der Waals surface area contributed by atoms with Crippen LogP contribution < -0.4 is 15.5 Å². The van der Waals surface area contributed by atoms with Crippen LogP contribution in [-0.4, -0.2) is 47.3 Å². The van der Waals surface area contributed by atoms with Gasteiger partial charge in [-0.15, -0.1) is 0 Å². The molecular weight excluding hydrogens is 452 g/mol. The molecule has 2 amide bonds. The minimum absolute atomic E-state index is 0.343. The smallest absolute Gasteiger partial charge is 0.323 e. The molecule has 1 saturated heterocycles. The molecule has 4 aromatic rings. The molecule has 172 valence electrons. The van der Waals surface area contributed by atoms with Crippen LogP contribution in [0.1, 0.15) is 0 Å². The number of urea groups is 1. The Kier molecular flexibility index (Phi) is 6.42. The Hall–Kier alpha value is -3.88. The van der Waals surface area contributed by atoms with E-state index in [1.165, 1.54) is 0 Å². The van der Waals surface area contributed by atoms with E-state index in [2.05, 4.69) is 25.5 Å². The maximum atomic E-state index is 12.5. The number of morpholine rings is 1. The topological polar surface area (TPSA) is 95.2 Å². The predicted octanol–water partition coefficient (Wildman–Crippen LogP) is 5.27. The van der Waals surface area contributed by atoms with E-state index in [4.69, 9.17) is 21.3 Å². The van der Waals surface area contributed by atoms with Gasteiger partial charge in [0.2, 0.25) is 5.95 Å². The Morgan fingerprint density at radius 3 is 2.44 bits per heavy atom. The van der Waals surface area contributed by atoms with Crippen molar-refractivity contribution >= 4 is 35.0 Å². The lowest BCUT2D eigenvalue weighted by Crippen LogP contribution is -2.36. The largest absolute Gasteiger partial charge is 0.378 e. The fourth-order valence-corrected chi connectivity index (χ4v) is 3.92. The summed E-state index contributed by atoms with van der Waals surface area (Å²) in [6, 6.07) is 18.1. The monoisotopic (exact) mass is 474 g/mol. The van der Waals surface area contributed by atoms with E-state index in [1.807, 2.05) is 36.4 Å². The van der Waals surface area contributed by atoms with Crippen molar-refractivity contribution < 1.29 is 9.53 Å². The molecule has 1 aliphatic heterocycles. The van der Waals surface area contributed by atoms with Gasteiger partial charge in [-0.2, -0.15) is 0 Å². The predicted molar refractivity (Wildman–Crippen MR) is 134 cm³/mol. The number of carbonyl (C=O) groups is 1. The summed E-state index contributed by atoms with van der Waals surface area (Å²) in [7, 11) is 0. The zero-order chi connectivity index (χ0) is 23.3. The number of halogens is 1. The van der Waals surface area contributed by atoms with Crippen LogP contribution in [0.25, 0.3) is 22.5 Å². The molecule has 0 aliphatic carbocycles. The lowest BCUT2D eigenvalue weighted by atomic mass is 10.1. The Morgan fingerprint density at radius 1 is 0.941 bits per heavy atom. The molecule has 3 heterocycles. The molecule has 2 aromatic carbocycles. The number of imidazole rings is 1. The minimum atomic E-state index is -0.343. The molecule has 0 bridgehead atoms. The number of nitrogens with zero attached hydrogens (tertiary/aromatic N) is 3. The molecule has 5 rings (SSSR count). The Morgan fingerprint density at radius 2 is 1.68 bits per heavy atom. The zero-order valence-corrected chi connectivity index (χ0v) is 19.0. The van der Waals surface area contributed by atoms with E-state index in [-0.39, 0.29) is 6.03 Å². The van der Waals surface area contributed by atoms with E-state index in [0.717, 1.165) is 41.6 Å². The number of hydrogen-bond donors (Lipinski definition) is 3. The van der Waals surface area contributed by atoms with Crippen LogP contribution in [0.15, 0.2) is 73.1 Å². The first-order valence-electron chi connectivity index (χ1n) is 10.9. The molecule has 0 radical (unpaired) electrons. The van der Waals surface area contributed by atoms with Crippen LogP contribution in [0.3, 0.4) is 0 Å². The summed E-state index contributed by atoms with van der Waals surface area (Å²) in [5.41, 5.74) is 4.87. The summed E-state index contributed by atoms with van der Waals surface area (Å²) in [5, 5.41) is 6.30. The van der Waals surface area contributed by atoms with Crippen LogP contribution in [0.4, 0.5) is 22.1 Å². The van der Waals surface area contributed by atoms with Gasteiger partial charge in [-0.3, -0.25) is 4.98 Å². The third-order valence-electron chi connectivity index (χ3n) is 5.47. The van der Waals surface area contributed by atoms with Crippen LogP contribution >= 0.6 is 11.6 Å². The second-order valence-corrected chi connectivity index (χ2v) is 8.22. The van der Waals surface area contributed by atoms with Crippen molar-refractivity contribution in [3.05, 3.63) is 78.1 Å². The number of amides is 2. The summed E-state index contributed by atoms with van der Waals surface area (Å²) in [5.74, 6) is 0.795. The molecule has 3 N–H and O–H groups in total. The minimum Gasteiger partial charge on any atom is -0.378 e. The average Bonchev–Trinajstić information content (AvgIpc) is 3.32. The number of benzene rings is 2. The van der Waals surface area contributed by atoms with Gasteiger partial charge >= 0.3 is 6.03 Å². The highest BCUT2D eigenvalue weighted by atomic mass is 35.5. The first-order chi connectivity index (χ1) is 16.7. The van der Waals surface area contributed by atoms with Crippen molar-refractivity contribution in [1.29, 1.82) is 0 Å². The summed E-state index contributed by atoms with van der Waals surface area (Å²) >= 11 is 5.91. The number of anilines is 3. The number of rotatable bonds is 5. The van der Waals surface area contributed by atoms with Crippen molar-refractivity contribution in [2.24, 2.45) is 0 Å². The summed E-state index contributed by atoms with van der Waals surface area (Å²) < 4.78 is 5.48. The van der Waals surface area contributed by atoms with Gasteiger partial charge in [0.15, 0.2) is 0 Å². The van der Waals surface area contributed by atoms with Crippen molar-refractivity contribution in [3.63, 3.8) is 0 Å². The molecule has 8 nitrogen and oxygen atoms in total. The van der Waals surface area contributed by atoms with Crippen LogP contribution in [0.5, 0.6) is 0 Å². The van der Waals surface area contributed by atoms with Crippen molar-refractivity contribution in [3.8, 4) is 22.5 Å². The van der Waals surface area contributed by atoms with Crippen LogP contribution in [0, 0.1) is 0 Å². The van der Waals surface area contributed by atoms with Gasteiger partial charge in [0, 0.05) is 53.0 Å². The van der Waals surface area contributed by atoms with Gasteiger partial charge < -0.3 is 25.3 Å². The van der Waals surface area contributed by atoms with Crippen molar-refractivity contribution in [2.75, 3.05) is 41.8 Å². The third kappa shape index (κ3) is 5.03. The molecule has 34 heavy (non-hydrogen) atoms. The SMILES string of the molecule is O=C(Nc1ccc(Cl)cc1)Nc1cccc(-c2nc(N3CCOCC3)[nH]c2-c2ccncc2)c1. The van der Waals surface area contributed by atoms with Crippen LogP contribution in [-0.2, 0) is 4.74 Å². The number of ether oxygens (including phenoxy) is 1. The van der Waals surface area contributed by atoms with Gasteiger partial charge in [0.1, 0.15) is 0 Å². The number of aromatic nitrogens is 3. The highest BCUT2D eigenvalue weighted by molar-refractivity contribution is 6.30. The fourth-order valence-electron chi connectivity index (χ4n) is 3.79. The molecule has 0 unspecified atom stereocenters. The second kappa shape index (κ2) is 9.94. The van der Waals surface area contributed by atoms with Gasteiger partial charge in [-0.1, -0.05) is 23.7 Å². The summed E-state index contributed by atoms with van der Waals surface area (Å²) in [4.78, 5) is 27.2. The quantitative estimate of drug-likeness (QED) is 0.366. The number of hydrogen-bond acceptors (Lipinski definition) is 5.